The lowest BCUT2D eigenvalue weighted by molar-refractivity contribution is -0.138. The van der Waals surface area contributed by atoms with Gasteiger partial charge in [-0.1, -0.05) is 6.92 Å². The Labute approximate surface area is 115 Å². The van der Waals surface area contributed by atoms with Gasteiger partial charge >= 0.3 is 0 Å². The highest BCUT2D eigenvalue weighted by atomic mass is 32.2. The number of amides is 2. The number of benzene rings is 1. The van der Waals surface area contributed by atoms with E-state index in [1.54, 1.807) is 6.07 Å². The fourth-order valence-corrected chi connectivity index (χ4v) is 3.19. The highest BCUT2D eigenvalue weighted by molar-refractivity contribution is 8.00. The first-order valence-electron chi connectivity index (χ1n) is 6.08. The molecule has 2 N–H and O–H groups in total. The molecule has 102 valence electrons. The van der Waals surface area contributed by atoms with E-state index in [4.69, 9.17) is 5.73 Å². The van der Waals surface area contributed by atoms with Crippen LogP contribution in [0.25, 0.3) is 0 Å². The molecule has 1 atom stereocenters. The second-order valence-electron chi connectivity index (χ2n) is 4.41. The maximum absolute atomic E-state index is 13.2. The van der Waals surface area contributed by atoms with Gasteiger partial charge in [-0.05, 0) is 24.6 Å². The molecule has 2 amide bonds. The number of imide groups is 1. The summed E-state index contributed by atoms with van der Waals surface area (Å²) in [5, 5.41) is -0.472. The quantitative estimate of drug-likeness (QED) is 0.678. The van der Waals surface area contributed by atoms with E-state index in [1.165, 1.54) is 28.8 Å². The van der Waals surface area contributed by atoms with E-state index in [-0.39, 0.29) is 18.2 Å². The smallest absolute Gasteiger partial charge is 0.243 e. The van der Waals surface area contributed by atoms with E-state index in [0.717, 1.165) is 6.42 Å². The third-order valence-electron chi connectivity index (χ3n) is 2.82. The molecule has 19 heavy (non-hydrogen) atoms. The molecule has 1 aromatic rings. The lowest BCUT2D eigenvalue weighted by Crippen LogP contribution is -2.31. The van der Waals surface area contributed by atoms with E-state index in [1.807, 2.05) is 6.92 Å². The Balaban J connectivity index is 2.12. The van der Waals surface area contributed by atoms with Crippen LogP contribution in [0.5, 0.6) is 0 Å². The van der Waals surface area contributed by atoms with Gasteiger partial charge in [-0.3, -0.25) is 14.5 Å². The average Bonchev–Trinajstić information content (AvgIpc) is 2.56. The molecule has 1 fully saturated rings. The molecular formula is C13H15FN2O2S. The third kappa shape index (κ3) is 3.07. The van der Waals surface area contributed by atoms with Gasteiger partial charge in [0, 0.05) is 23.5 Å². The standard InChI is InChI=1S/C13H15FN2O2S/c1-2-3-16-12(17)7-11(13(16)18)19-10-5-8(14)4-9(15)6-10/h4-6,11H,2-3,7,15H2,1H3. The van der Waals surface area contributed by atoms with Gasteiger partial charge in [0.1, 0.15) is 5.82 Å². The summed E-state index contributed by atoms with van der Waals surface area (Å²) in [6, 6.07) is 4.14. The van der Waals surface area contributed by atoms with Crippen LogP contribution in [-0.2, 0) is 9.59 Å². The minimum atomic E-state index is -0.472. The molecule has 1 unspecified atom stereocenters. The van der Waals surface area contributed by atoms with E-state index in [0.29, 0.717) is 17.1 Å². The van der Waals surface area contributed by atoms with E-state index >= 15 is 0 Å². The zero-order chi connectivity index (χ0) is 14.0. The summed E-state index contributed by atoms with van der Waals surface area (Å²) < 4.78 is 13.2. The van der Waals surface area contributed by atoms with Crippen LogP contribution < -0.4 is 5.73 Å². The van der Waals surface area contributed by atoms with Crippen molar-refractivity contribution in [2.45, 2.75) is 29.9 Å². The third-order valence-corrected chi connectivity index (χ3v) is 3.98. The fraction of sp³-hybridized carbons (Fsp3) is 0.385. The van der Waals surface area contributed by atoms with Crippen LogP contribution in [-0.4, -0.2) is 28.5 Å². The summed E-state index contributed by atoms with van der Waals surface area (Å²) in [6.07, 6.45) is 0.904. The van der Waals surface area contributed by atoms with Crippen LogP contribution in [0.4, 0.5) is 10.1 Å². The van der Waals surface area contributed by atoms with Crippen LogP contribution in [0.1, 0.15) is 19.8 Å². The minimum Gasteiger partial charge on any atom is -0.399 e. The largest absolute Gasteiger partial charge is 0.399 e. The molecule has 1 heterocycles. The van der Waals surface area contributed by atoms with E-state index < -0.39 is 11.1 Å². The highest BCUT2D eigenvalue weighted by Gasteiger charge is 2.38. The number of hydrogen-bond acceptors (Lipinski definition) is 4. The Morgan fingerprint density at radius 2 is 2.16 bits per heavy atom. The Kier molecular flexibility index (Phi) is 4.09. The van der Waals surface area contributed by atoms with Crippen LogP contribution in [0.2, 0.25) is 0 Å². The van der Waals surface area contributed by atoms with Crippen molar-refractivity contribution in [3.05, 3.63) is 24.0 Å². The van der Waals surface area contributed by atoms with E-state index in [9.17, 15) is 14.0 Å². The van der Waals surface area contributed by atoms with Crippen molar-refractivity contribution >= 4 is 29.3 Å². The minimum absolute atomic E-state index is 0.159. The predicted octanol–water partition coefficient (Wildman–Crippen LogP) is 2.04. The fourth-order valence-electron chi connectivity index (χ4n) is 2.02. The number of thioether (sulfide) groups is 1. The number of nitrogen functional groups attached to an aromatic ring is 1. The molecule has 2 rings (SSSR count). The SMILES string of the molecule is CCCN1C(=O)CC(Sc2cc(N)cc(F)c2)C1=O. The summed E-state index contributed by atoms with van der Waals surface area (Å²) in [5.41, 5.74) is 5.86. The molecule has 0 spiro atoms. The van der Waals surface area contributed by atoms with Crippen LogP contribution in [0, 0.1) is 5.82 Å². The maximum atomic E-state index is 13.2. The first-order valence-corrected chi connectivity index (χ1v) is 6.96. The molecule has 0 aliphatic carbocycles. The number of hydrogen-bond donors (Lipinski definition) is 1. The van der Waals surface area contributed by atoms with Crippen LogP contribution in [0.3, 0.4) is 0 Å². The van der Waals surface area contributed by atoms with Gasteiger partial charge in [0.2, 0.25) is 11.8 Å². The molecular weight excluding hydrogens is 267 g/mol. The number of nitrogens with zero attached hydrogens (tertiary/aromatic N) is 1. The van der Waals surface area contributed by atoms with Crippen molar-refractivity contribution in [3.63, 3.8) is 0 Å². The van der Waals surface area contributed by atoms with Crippen molar-refractivity contribution in [1.82, 2.24) is 4.90 Å². The molecule has 0 aromatic heterocycles. The number of halogens is 1. The lowest BCUT2D eigenvalue weighted by atomic mass is 10.3. The number of likely N-dealkylation sites (tertiary alicyclic amines) is 1. The number of carbonyl (C=O) groups is 2. The Morgan fingerprint density at radius 1 is 1.42 bits per heavy atom. The molecule has 1 aliphatic rings. The van der Waals surface area contributed by atoms with Crippen molar-refractivity contribution in [1.29, 1.82) is 0 Å². The Morgan fingerprint density at radius 3 is 2.79 bits per heavy atom. The van der Waals surface area contributed by atoms with Crippen molar-refractivity contribution in [2.24, 2.45) is 0 Å². The average molecular weight is 282 g/mol. The second-order valence-corrected chi connectivity index (χ2v) is 5.69. The second kappa shape index (κ2) is 5.61. The molecule has 6 heteroatoms. The Hall–Kier alpha value is -1.56. The molecule has 1 aromatic carbocycles. The monoisotopic (exact) mass is 282 g/mol. The highest BCUT2D eigenvalue weighted by Crippen LogP contribution is 2.32. The number of nitrogens with two attached hydrogens (primary N) is 1. The summed E-state index contributed by atoms with van der Waals surface area (Å²) in [4.78, 5) is 25.6. The lowest BCUT2D eigenvalue weighted by Gasteiger charge is -2.13. The first kappa shape index (κ1) is 13.9. The topological polar surface area (TPSA) is 63.4 Å². The Bertz CT molecular complexity index is 501. The van der Waals surface area contributed by atoms with E-state index in [2.05, 4.69) is 0 Å². The van der Waals surface area contributed by atoms with Gasteiger partial charge in [0.05, 0.1) is 5.25 Å². The van der Waals surface area contributed by atoms with Gasteiger partial charge in [-0.2, -0.15) is 0 Å². The summed E-state index contributed by atoms with van der Waals surface area (Å²) in [5.74, 6) is -0.793. The molecule has 4 nitrogen and oxygen atoms in total. The van der Waals surface area contributed by atoms with Gasteiger partial charge in [-0.15, -0.1) is 11.8 Å². The first-order chi connectivity index (χ1) is 9.01. The number of rotatable bonds is 4. The predicted molar refractivity (Wildman–Crippen MR) is 72.1 cm³/mol. The van der Waals surface area contributed by atoms with Gasteiger partial charge in [0.25, 0.3) is 0 Å². The molecule has 0 radical (unpaired) electrons. The van der Waals surface area contributed by atoms with Gasteiger partial charge in [0.15, 0.2) is 0 Å². The summed E-state index contributed by atoms with van der Waals surface area (Å²) >= 11 is 1.19. The zero-order valence-electron chi connectivity index (χ0n) is 10.6. The molecule has 0 saturated carbocycles. The zero-order valence-corrected chi connectivity index (χ0v) is 11.4. The van der Waals surface area contributed by atoms with Gasteiger partial charge < -0.3 is 5.73 Å². The summed E-state index contributed by atoms with van der Waals surface area (Å²) in [6.45, 7) is 2.36. The van der Waals surface area contributed by atoms with Crippen molar-refractivity contribution in [3.8, 4) is 0 Å². The van der Waals surface area contributed by atoms with Gasteiger partial charge in [-0.25, -0.2) is 4.39 Å². The molecule has 1 aliphatic heterocycles. The van der Waals surface area contributed by atoms with Crippen molar-refractivity contribution < 1.29 is 14.0 Å². The van der Waals surface area contributed by atoms with Crippen molar-refractivity contribution in [2.75, 3.05) is 12.3 Å². The maximum Gasteiger partial charge on any atom is 0.243 e. The molecule has 1 saturated heterocycles. The summed E-state index contributed by atoms with van der Waals surface area (Å²) in [7, 11) is 0. The van der Waals surface area contributed by atoms with Crippen LogP contribution >= 0.6 is 11.8 Å². The van der Waals surface area contributed by atoms with Crippen LogP contribution in [0.15, 0.2) is 23.1 Å². The normalized spacial score (nSPS) is 19.3. The molecule has 0 bridgehead atoms. The number of carbonyl (C=O) groups excluding carboxylic acids is 2. The number of anilines is 1.